The number of rotatable bonds is 3. The van der Waals surface area contributed by atoms with Crippen molar-refractivity contribution < 1.29 is 5.94 Å². The number of benzene rings is 2. The Morgan fingerprint density at radius 2 is 1.67 bits per heavy atom. The number of aromatic nitrogens is 1. The summed E-state index contributed by atoms with van der Waals surface area (Å²) < 4.78 is 10.7. The minimum absolute atomic E-state index is 0.483. The molecule has 140 valence electrons. The van der Waals surface area contributed by atoms with Gasteiger partial charge in [0.25, 0.3) is 0 Å². The van der Waals surface area contributed by atoms with Crippen LogP contribution in [0, 0.1) is 6.92 Å². The van der Waals surface area contributed by atoms with Crippen LogP contribution in [0.1, 0.15) is 75.1 Å². The highest BCUT2D eigenvalue weighted by Crippen LogP contribution is 2.37. The van der Waals surface area contributed by atoms with Crippen LogP contribution in [0.5, 0.6) is 0 Å². The molecule has 0 aliphatic heterocycles. The van der Waals surface area contributed by atoms with Gasteiger partial charge in [-0.05, 0) is 83.4 Å². The summed E-state index contributed by atoms with van der Waals surface area (Å²) in [5, 5.41) is 2.50. The molecule has 1 nitrogen and oxygen atoms in total. The predicted octanol–water partition coefficient (Wildman–Crippen LogP) is 6.38. The molecule has 2 aromatic carbocycles. The molecule has 0 unspecified atom stereocenters. The molecule has 0 atom stereocenters. The SMILES string of the molecule is [2H]c1cc2cc3c(cc2c(-c2cc(C(C)C)cc(C(C)C)c2C)[n+]1C)CCC3. The molecule has 1 aromatic heterocycles. The Balaban J connectivity index is 2.10. The van der Waals surface area contributed by atoms with Crippen molar-refractivity contribution >= 4 is 10.8 Å². The number of fused-ring (bicyclic) bond motifs is 2. The summed E-state index contributed by atoms with van der Waals surface area (Å²) >= 11 is 0. The third-order valence-electron chi connectivity index (χ3n) is 6.28. The monoisotopic (exact) mass is 359 g/mol. The van der Waals surface area contributed by atoms with Gasteiger partial charge >= 0.3 is 0 Å². The highest BCUT2D eigenvalue weighted by atomic mass is 14.9. The van der Waals surface area contributed by atoms with Gasteiger partial charge in [0, 0.05) is 6.07 Å². The van der Waals surface area contributed by atoms with Gasteiger partial charge in [0.15, 0.2) is 6.17 Å². The molecule has 0 saturated carbocycles. The average Bonchev–Trinajstić information content (AvgIpc) is 3.09. The number of hydrogen-bond acceptors (Lipinski definition) is 0. The normalized spacial score (nSPS) is 14.3. The second kappa shape index (κ2) is 6.78. The van der Waals surface area contributed by atoms with Gasteiger partial charge in [-0.2, -0.15) is 0 Å². The van der Waals surface area contributed by atoms with Crippen molar-refractivity contribution in [2.45, 2.75) is 65.7 Å². The first-order valence-electron chi connectivity index (χ1n) is 10.9. The number of nitrogens with zero attached hydrogens (tertiary/aromatic N) is 1. The number of hydrogen-bond donors (Lipinski definition) is 0. The van der Waals surface area contributed by atoms with Crippen LogP contribution in [0.4, 0.5) is 0 Å². The van der Waals surface area contributed by atoms with Gasteiger partial charge in [-0.1, -0.05) is 39.8 Å². The van der Waals surface area contributed by atoms with E-state index >= 15 is 0 Å². The van der Waals surface area contributed by atoms with Gasteiger partial charge < -0.3 is 0 Å². The summed E-state index contributed by atoms with van der Waals surface area (Å²) in [6.45, 7) is 11.4. The predicted molar refractivity (Wildman–Crippen MR) is 116 cm³/mol. The van der Waals surface area contributed by atoms with E-state index in [4.69, 9.17) is 1.37 Å². The van der Waals surface area contributed by atoms with Crippen molar-refractivity contribution in [1.82, 2.24) is 0 Å². The molecule has 0 fully saturated rings. The standard InChI is InChI=1S/C26H32N/c1-16(2)22-14-23(17(3)4)18(5)24(15-22)26-25-13-20-9-7-8-19(20)12-21(25)10-11-27(26)6/h10-17H,7-9H2,1-6H3/q+1/i11D. The Bertz CT molecular complexity index is 1080. The minimum atomic E-state index is 0.483. The van der Waals surface area contributed by atoms with E-state index in [-0.39, 0.29) is 0 Å². The lowest BCUT2D eigenvalue weighted by Gasteiger charge is -2.18. The minimum Gasteiger partial charge on any atom is -0.200 e. The van der Waals surface area contributed by atoms with Crippen molar-refractivity contribution in [3.8, 4) is 11.3 Å². The molecule has 0 spiro atoms. The third kappa shape index (κ3) is 3.08. The maximum Gasteiger partial charge on any atom is 0.220 e. The van der Waals surface area contributed by atoms with E-state index in [0.29, 0.717) is 18.0 Å². The zero-order chi connectivity index (χ0) is 20.2. The highest BCUT2D eigenvalue weighted by Gasteiger charge is 2.23. The first-order chi connectivity index (χ1) is 13.3. The van der Waals surface area contributed by atoms with Crippen LogP contribution < -0.4 is 4.57 Å². The molecule has 4 rings (SSSR count). The summed E-state index contributed by atoms with van der Waals surface area (Å²) in [5.74, 6) is 0.967. The highest BCUT2D eigenvalue weighted by molar-refractivity contribution is 5.95. The van der Waals surface area contributed by atoms with E-state index in [9.17, 15) is 0 Å². The van der Waals surface area contributed by atoms with Crippen molar-refractivity contribution in [2.75, 3.05) is 0 Å². The van der Waals surface area contributed by atoms with Crippen LogP contribution in [0.25, 0.3) is 22.0 Å². The topological polar surface area (TPSA) is 3.88 Å². The first-order valence-corrected chi connectivity index (χ1v) is 10.4. The zero-order valence-corrected chi connectivity index (χ0v) is 17.6. The molecule has 0 bridgehead atoms. The second-order valence-electron chi connectivity index (χ2n) is 8.83. The molecular formula is C26H32N+. The Morgan fingerprint density at radius 1 is 0.963 bits per heavy atom. The maximum atomic E-state index is 8.60. The van der Waals surface area contributed by atoms with Crippen LogP contribution in [-0.4, -0.2) is 0 Å². The van der Waals surface area contributed by atoms with Crippen LogP contribution in [0.3, 0.4) is 0 Å². The molecule has 0 amide bonds. The molecule has 1 aliphatic rings. The van der Waals surface area contributed by atoms with Crippen molar-refractivity contribution in [2.24, 2.45) is 7.05 Å². The lowest BCUT2D eigenvalue weighted by molar-refractivity contribution is -0.659. The van der Waals surface area contributed by atoms with Crippen LogP contribution >= 0.6 is 0 Å². The van der Waals surface area contributed by atoms with Crippen LogP contribution in [0.2, 0.25) is 0 Å². The fourth-order valence-corrected chi connectivity index (χ4v) is 4.64. The summed E-state index contributed by atoms with van der Waals surface area (Å²) in [7, 11) is 2.04. The van der Waals surface area contributed by atoms with E-state index in [0.717, 1.165) is 0 Å². The summed E-state index contributed by atoms with van der Waals surface area (Å²) in [5.41, 5.74) is 9.60. The smallest absolute Gasteiger partial charge is 0.200 e. The molecule has 27 heavy (non-hydrogen) atoms. The maximum absolute atomic E-state index is 8.60. The molecule has 0 radical (unpaired) electrons. The van der Waals surface area contributed by atoms with Gasteiger partial charge in [0.2, 0.25) is 5.69 Å². The quantitative estimate of drug-likeness (QED) is 0.478. The van der Waals surface area contributed by atoms with Crippen molar-refractivity contribution in [3.63, 3.8) is 0 Å². The third-order valence-corrected chi connectivity index (χ3v) is 6.28. The summed E-state index contributed by atoms with van der Waals surface area (Å²) in [6.07, 6.45) is 4.18. The van der Waals surface area contributed by atoms with Crippen molar-refractivity contribution in [3.05, 3.63) is 64.3 Å². The largest absolute Gasteiger partial charge is 0.220 e. The van der Waals surface area contributed by atoms with Gasteiger partial charge in [-0.15, -0.1) is 0 Å². The lowest BCUT2D eigenvalue weighted by Crippen LogP contribution is -2.31. The van der Waals surface area contributed by atoms with Gasteiger partial charge in [0.05, 0.1) is 10.9 Å². The molecule has 0 N–H and O–H groups in total. The fraction of sp³-hybridized carbons (Fsp3) is 0.423. The Hall–Kier alpha value is -2.15. The van der Waals surface area contributed by atoms with E-state index in [1.807, 2.05) is 13.1 Å². The molecule has 1 heteroatoms. The summed E-state index contributed by atoms with van der Waals surface area (Å²) in [6, 6.07) is 11.5. The number of pyridine rings is 1. The second-order valence-corrected chi connectivity index (χ2v) is 8.83. The zero-order valence-electron chi connectivity index (χ0n) is 18.6. The van der Waals surface area contributed by atoms with Gasteiger partial charge in [-0.25, -0.2) is 4.57 Å². The van der Waals surface area contributed by atoms with Crippen LogP contribution in [-0.2, 0) is 19.9 Å². The molecular weight excluding hydrogens is 326 g/mol. The van der Waals surface area contributed by atoms with E-state index in [2.05, 4.69) is 63.5 Å². The first kappa shape index (κ1) is 17.0. The summed E-state index contributed by atoms with van der Waals surface area (Å²) in [4.78, 5) is 0. The van der Waals surface area contributed by atoms with Crippen LogP contribution in [0.15, 0.2) is 36.5 Å². The molecule has 0 saturated heterocycles. The molecule has 1 aliphatic carbocycles. The number of aryl methyl sites for hydroxylation is 2. The average molecular weight is 360 g/mol. The van der Waals surface area contributed by atoms with Gasteiger partial charge in [-0.3, -0.25) is 0 Å². The molecule has 1 heterocycles. The van der Waals surface area contributed by atoms with E-state index in [1.165, 1.54) is 69.1 Å². The Morgan fingerprint density at radius 3 is 2.33 bits per heavy atom. The fourth-order valence-electron chi connectivity index (χ4n) is 4.64. The lowest BCUT2D eigenvalue weighted by atomic mass is 9.86. The van der Waals surface area contributed by atoms with Gasteiger partial charge in [0.1, 0.15) is 8.42 Å². The van der Waals surface area contributed by atoms with E-state index in [1.54, 1.807) is 0 Å². The van der Waals surface area contributed by atoms with E-state index < -0.39 is 0 Å². The Labute approximate surface area is 165 Å². The molecule has 3 aromatic rings. The Kier molecular flexibility index (Phi) is 4.27. The van der Waals surface area contributed by atoms with Crippen molar-refractivity contribution in [1.29, 1.82) is 0 Å².